The molecular formula is C19H15F3N2O2. The summed E-state index contributed by atoms with van der Waals surface area (Å²) in [7, 11) is 1.30. The van der Waals surface area contributed by atoms with Crippen molar-refractivity contribution in [1.82, 2.24) is 9.55 Å². The van der Waals surface area contributed by atoms with Crippen molar-refractivity contribution in [1.29, 1.82) is 0 Å². The Morgan fingerprint density at radius 3 is 2.73 bits per heavy atom. The molecule has 0 aliphatic rings. The Morgan fingerprint density at radius 1 is 1.15 bits per heavy atom. The third kappa shape index (κ3) is 3.61. The molecule has 2 aromatic carbocycles. The first-order valence-electron chi connectivity index (χ1n) is 7.79. The van der Waals surface area contributed by atoms with Gasteiger partial charge in [-0.25, -0.2) is 22.9 Å². The predicted molar refractivity (Wildman–Crippen MR) is 88.2 cm³/mol. The molecule has 1 heterocycles. The van der Waals surface area contributed by atoms with Crippen molar-refractivity contribution in [2.75, 3.05) is 7.11 Å². The van der Waals surface area contributed by atoms with Crippen LogP contribution in [0.3, 0.4) is 0 Å². The van der Waals surface area contributed by atoms with Crippen molar-refractivity contribution >= 4 is 5.97 Å². The fourth-order valence-electron chi connectivity index (χ4n) is 2.64. The highest BCUT2D eigenvalue weighted by Gasteiger charge is 2.15. The third-order valence-electron chi connectivity index (χ3n) is 3.97. The lowest BCUT2D eigenvalue weighted by molar-refractivity contribution is 0.0600. The molecule has 3 rings (SSSR count). The van der Waals surface area contributed by atoms with E-state index in [1.807, 2.05) is 6.07 Å². The lowest BCUT2D eigenvalue weighted by atomic mass is 10.1. The minimum atomic E-state index is -1.49. The number of hydrogen-bond donors (Lipinski definition) is 0. The molecular weight excluding hydrogens is 345 g/mol. The van der Waals surface area contributed by atoms with Crippen LogP contribution in [0, 0.1) is 17.5 Å². The van der Waals surface area contributed by atoms with Gasteiger partial charge in [-0.1, -0.05) is 18.2 Å². The van der Waals surface area contributed by atoms with E-state index in [1.165, 1.54) is 19.4 Å². The fourth-order valence-corrected chi connectivity index (χ4v) is 2.64. The van der Waals surface area contributed by atoms with Gasteiger partial charge in [0.05, 0.1) is 12.7 Å². The summed E-state index contributed by atoms with van der Waals surface area (Å²) in [4.78, 5) is 15.8. The maximum atomic E-state index is 13.9. The molecule has 0 spiro atoms. The molecule has 0 unspecified atom stereocenters. The van der Waals surface area contributed by atoms with Gasteiger partial charge in [0.25, 0.3) is 0 Å². The number of ether oxygens (including phenoxy) is 1. The minimum absolute atomic E-state index is 0.00667. The summed E-state index contributed by atoms with van der Waals surface area (Å²) in [5.74, 6) is -3.90. The molecule has 0 N–H and O–H groups in total. The van der Waals surface area contributed by atoms with Gasteiger partial charge in [0, 0.05) is 25.4 Å². The van der Waals surface area contributed by atoms with Gasteiger partial charge >= 0.3 is 5.97 Å². The molecule has 0 radical (unpaired) electrons. The van der Waals surface area contributed by atoms with Crippen molar-refractivity contribution in [3.05, 3.63) is 88.8 Å². The average Bonchev–Trinajstić information content (AvgIpc) is 3.08. The lowest BCUT2D eigenvalue weighted by Crippen LogP contribution is -2.08. The van der Waals surface area contributed by atoms with Crippen LogP contribution in [-0.4, -0.2) is 22.6 Å². The highest BCUT2D eigenvalue weighted by Crippen LogP contribution is 2.18. The Bertz CT molecular complexity index is 954. The zero-order chi connectivity index (χ0) is 18.7. The van der Waals surface area contributed by atoms with E-state index in [4.69, 9.17) is 4.74 Å². The quantitative estimate of drug-likeness (QED) is 0.514. The Hall–Kier alpha value is -3.09. The van der Waals surface area contributed by atoms with Crippen molar-refractivity contribution in [2.45, 2.75) is 13.0 Å². The number of esters is 1. The number of imidazole rings is 1. The van der Waals surface area contributed by atoms with E-state index >= 15 is 0 Å². The maximum absolute atomic E-state index is 13.9. The topological polar surface area (TPSA) is 44.1 Å². The smallest absolute Gasteiger partial charge is 0.337 e. The van der Waals surface area contributed by atoms with Gasteiger partial charge in [0.2, 0.25) is 0 Å². The molecule has 0 atom stereocenters. The number of benzene rings is 2. The van der Waals surface area contributed by atoms with E-state index in [2.05, 4.69) is 4.98 Å². The first-order valence-corrected chi connectivity index (χ1v) is 7.79. The number of nitrogens with zero attached hydrogens (tertiary/aromatic N) is 2. The summed E-state index contributed by atoms with van der Waals surface area (Å²) in [5, 5.41) is 0. The largest absolute Gasteiger partial charge is 0.465 e. The second-order valence-electron chi connectivity index (χ2n) is 5.67. The van der Waals surface area contributed by atoms with Crippen LogP contribution in [0.1, 0.15) is 27.3 Å². The summed E-state index contributed by atoms with van der Waals surface area (Å²) >= 11 is 0. The SMILES string of the molecule is COC(=O)c1cccc(Cn2ccnc2Cc2ccc(F)c(F)c2F)c1. The molecule has 7 heteroatoms. The monoisotopic (exact) mass is 360 g/mol. The Kier molecular flexibility index (Phi) is 5.06. The molecule has 0 saturated heterocycles. The number of carbonyl (C=O) groups is 1. The fraction of sp³-hybridized carbons (Fsp3) is 0.158. The zero-order valence-electron chi connectivity index (χ0n) is 13.9. The standard InChI is InChI=1S/C19H15F3N2O2/c1-26-19(25)14-4-2-3-12(9-14)11-24-8-7-23-16(24)10-13-5-6-15(20)18(22)17(13)21/h2-9H,10-11H2,1H3. The number of methoxy groups -OCH3 is 1. The first-order chi connectivity index (χ1) is 12.5. The highest BCUT2D eigenvalue weighted by atomic mass is 19.2. The van der Waals surface area contributed by atoms with E-state index in [0.717, 1.165) is 11.6 Å². The molecule has 0 fully saturated rings. The molecule has 0 saturated carbocycles. The van der Waals surface area contributed by atoms with E-state index in [9.17, 15) is 18.0 Å². The third-order valence-corrected chi connectivity index (χ3v) is 3.97. The van der Waals surface area contributed by atoms with Crippen molar-refractivity contribution in [3.8, 4) is 0 Å². The van der Waals surface area contributed by atoms with Gasteiger partial charge in [-0.05, 0) is 29.3 Å². The van der Waals surface area contributed by atoms with Crippen LogP contribution in [0.25, 0.3) is 0 Å². The van der Waals surface area contributed by atoms with Crippen LogP contribution in [0.2, 0.25) is 0 Å². The Balaban J connectivity index is 1.84. The van der Waals surface area contributed by atoms with Gasteiger partial charge in [0.15, 0.2) is 17.5 Å². The number of carbonyl (C=O) groups excluding carboxylic acids is 1. The number of aromatic nitrogens is 2. The molecule has 0 amide bonds. The number of halogens is 3. The van der Waals surface area contributed by atoms with E-state index in [-0.39, 0.29) is 12.0 Å². The van der Waals surface area contributed by atoms with Gasteiger partial charge in [-0.3, -0.25) is 0 Å². The van der Waals surface area contributed by atoms with Crippen LogP contribution in [-0.2, 0) is 17.7 Å². The summed E-state index contributed by atoms with van der Waals surface area (Å²) in [6, 6.07) is 8.97. The Labute approximate surface area is 147 Å². The molecule has 0 aliphatic carbocycles. The second-order valence-corrected chi connectivity index (χ2v) is 5.67. The molecule has 0 aliphatic heterocycles. The van der Waals surface area contributed by atoms with Crippen molar-refractivity contribution in [2.24, 2.45) is 0 Å². The molecule has 1 aromatic heterocycles. The molecule has 4 nitrogen and oxygen atoms in total. The number of rotatable bonds is 5. The van der Waals surface area contributed by atoms with E-state index in [0.29, 0.717) is 17.9 Å². The summed E-state index contributed by atoms with van der Waals surface area (Å²) in [6.07, 6.45) is 3.24. The lowest BCUT2D eigenvalue weighted by Gasteiger charge is -2.10. The first kappa shape index (κ1) is 17.7. The van der Waals surface area contributed by atoms with Crippen LogP contribution >= 0.6 is 0 Å². The van der Waals surface area contributed by atoms with Crippen molar-refractivity contribution < 1.29 is 22.7 Å². The van der Waals surface area contributed by atoms with Gasteiger partial charge in [0.1, 0.15) is 5.82 Å². The van der Waals surface area contributed by atoms with E-state index < -0.39 is 23.4 Å². The molecule has 0 bridgehead atoms. The zero-order valence-corrected chi connectivity index (χ0v) is 13.9. The number of hydrogen-bond acceptors (Lipinski definition) is 3. The normalized spacial score (nSPS) is 10.8. The average molecular weight is 360 g/mol. The maximum Gasteiger partial charge on any atom is 0.337 e. The van der Waals surface area contributed by atoms with Gasteiger partial charge in [-0.2, -0.15) is 0 Å². The summed E-state index contributed by atoms with van der Waals surface area (Å²) in [6.45, 7) is 0.380. The molecule has 134 valence electrons. The minimum Gasteiger partial charge on any atom is -0.465 e. The molecule has 26 heavy (non-hydrogen) atoms. The van der Waals surface area contributed by atoms with E-state index in [1.54, 1.807) is 29.0 Å². The summed E-state index contributed by atoms with van der Waals surface area (Å²) in [5.41, 5.74) is 1.25. The van der Waals surface area contributed by atoms with Crippen LogP contribution in [0.4, 0.5) is 13.2 Å². The van der Waals surface area contributed by atoms with Crippen LogP contribution < -0.4 is 0 Å². The predicted octanol–water partition coefficient (Wildman–Crippen LogP) is 3.73. The van der Waals surface area contributed by atoms with Crippen LogP contribution in [0.15, 0.2) is 48.8 Å². The van der Waals surface area contributed by atoms with Crippen LogP contribution in [0.5, 0.6) is 0 Å². The second kappa shape index (κ2) is 7.43. The Morgan fingerprint density at radius 2 is 1.96 bits per heavy atom. The highest BCUT2D eigenvalue weighted by molar-refractivity contribution is 5.89. The van der Waals surface area contributed by atoms with Gasteiger partial charge in [-0.15, -0.1) is 0 Å². The van der Waals surface area contributed by atoms with Gasteiger partial charge < -0.3 is 9.30 Å². The molecule has 3 aromatic rings. The van der Waals surface area contributed by atoms with Crippen molar-refractivity contribution in [3.63, 3.8) is 0 Å². The summed E-state index contributed by atoms with van der Waals surface area (Å²) < 4.78 is 46.8.